The van der Waals surface area contributed by atoms with Gasteiger partial charge in [-0.3, -0.25) is 4.98 Å². The van der Waals surface area contributed by atoms with Crippen molar-refractivity contribution in [3.8, 4) is 0 Å². The summed E-state index contributed by atoms with van der Waals surface area (Å²) in [5, 5.41) is 18.0. The van der Waals surface area contributed by atoms with Crippen molar-refractivity contribution < 1.29 is 10.2 Å². The van der Waals surface area contributed by atoms with Crippen LogP contribution in [-0.4, -0.2) is 39.4 Å². The van der Waals surface area contributed by atoms with Crippen LogP contribution in [0.25, 0.3) is 0 Å². The Morgan fingerprint density at radius 1 is 1.18 bits per heavy atom. The van der Waals surface area contributed by atoms with Crippen molar-refractivity contribution in [2.45, 2.75) is 39.3 Å². The van der Waals surface area contributed by atoms with Crippen molar-refractivity contribution >= 4 is 5.82 Å². The molecule has 0 aliphatic rings. The van der Waals surface area contributed by atoms with Crippen LogP contribution in [0.1, 0.15) is 32.4 Å². The SMILES string of the molecule is CCC(CC)N(CCO)c1cnc(CO)cn1. The average molecular weight is 239 g/mol. The van der Waals surface area contributed by atoms with E-state index in [-0.39, 0.29) is 13.2 Å². The fourth-order valence-corrected chi connectivity index (χ4v) is 1.90. The van der Waals surface area contributed by atoms with Crippen molar-refractivity contribution in [1.29, 1.82) is 0 Å². The van der Waals surface area contributed by atoms with Crippen LogP contribution in [0.5, 0.6) is 0 Å². The van der Waals surface area contributed by atoms with Crippen molar-refractivity contribution in [3.05, 3.63) is 18.1 Å². The first-order valence-corrected chi connectivity index (χ1v) is 6.06. The zero-order chi connectivity index (χ0) is 12.7. The molecule has 0 aliphatic carbocycles. The molecule has 0 spiro atoms. The molecule has 1 rings (SSSR count). The minimum Gasteiger partial charge on any atom is -0.395 e. The first-order chi connectivity index (χ1) is 8.26. The third-order valence-corrected chi connectivity index (χ3v) is 2.87. The molecule has 0 fully saturated rings. The summed E-state index contributed by atoms with van der Waals surface area (Å²) < 4.78 is 0. The summed E-state index contributed by atoms with van der Waals surface area (Å²) in [7, 11) is 0. The van der Waals surface area contributed by atoms with Gasteiger partial charge in [-0.15, -0.1) is 0 Å². The van der Waals surface area contributed by atoms with E-state index in [1.54, 1.807) is 12.4 Å². The van der Waals surface area contributed by atoms with Gasteiger partial charge >= 0.3 is 0 Å². The molecule has 0 saturated carbocycles. The van der Waals surface area contributed by atoms with Gasteiger partial charge in [0.1, 0.15) is 5.82 Å². The molecule has 0 aromatic carbocycles. The molecule has 0 radical (unpaired) electrons. The molecule has 0 aliphatic heterocycles. The Kier molecular flexibility index (Phi) is 5.86. The van der Waals surface area contributed by atoms with E-state index in [1.807, 2.05) is 0 Å². The van der Waals surface area contributed by atoms with E-state index in [4.69, 9.17) is 10.2 Å². The first-order valence-electron chi connectivity index (χ1n) is 6.06. The van der Waals surface area contributed by atoms with Gasteiger partial charge in [-0.1, -0.05) is 13.8 Å². The van der Waals surface area contributed by atoms with Crippen molar-refractivity contribution in [3.63, 3.8) is 0 Å². The first kappa shape index (κ1) is 13.9. The normalized spacial score (nSPS) is 10.9. The van der Waals surface area contributed by atoms with Gasteiger partial charge in [0.15, 0.2) is 0 Å². The lowest BCUT2D eigenvalue weighted by molar-refractivity contribution is 0.276. The maximum Gasteiger partial charge on any atom is 0.147 e. The second-order valence-electron chi connectivity index (χ2n) is 3.91. The van der Waals surface area contributed by atoms with Crippen LogP contribution in [0.15, 0.2) is 12.4 Å². The number of hydrogen-bond donors (Lipinski definition) is 2. The summed E-state index contributed by atoms with van der Waals surface area (Å²) in [4.78, 5) is 10.5. The van der Waals surface area contributed by atoms with Gasteiger partial charge in [-0.05, 0) is 12.8 Å². The lowest BCUT2D eigenvalue weighted by Gasteiger charge is -2.30. The largest absolute Gasteiger partial charge is 0.395 e. The van der Waals surface area contributed by atoms with E-state index >= 15 is 0 Å². The van der Waals surface area contributed by atoms with Crippen LogP contribution in [-0.2, 0) is 6.61 Å². The Bertz CT molecular complexity index is 312. The fraction of sp³-hybridized carbons (Fsp3) is 0.667. The zero-order valence-corrected chi connectivity index (χ0v) is 10.5. The monoisotopic (exact) mass is 239 g/mol. The predicted octanol–water partition coefficient (Wildman–Crippen LogP) is 0.956. The minimum atomic E-state index is -0.0989. The molecule has 0 unspecified atom stereocenters. The Labute approximate surface area is 102 Å². The van der Waals surface area contributed by atoms with Crippen LogP contribution in [0, 0.1) is 0 Å². The summed E-state index contributed by atoms with van der Waals surface area (Å²) >= 11 is 0. The number of nitrogens with zero attached hydrogens (tertiary/aromatic N) is 3. The summed E-state index contributed by atoms with van der Waals surface area (Å²) in [5.41, 5.74) is 0.558. The molecule has 0 atom stereocenters. The Morgan fingerprint density at radius 3 is 2.29 bits per heavy atom. The maximum atomic E-state index is 9.11. The molecule has 5 nitrogen and oxygen atoms in total. The van der Waals surface area contributed by atoms with Gasteiger partial charge < -0.3 is 15.1 Å². The summed E-state index contributed by atoms with van der Waals surface area (Å²) in [6.45, 7) is 4.79. The molecule has 1 heterocycles. The molecule has 5 heteroatoms. The molecule has 1 aromatic rings. The number of aromatic nitrogens is 2. The number of aliphatic hydroxyl groups excluding tert-OH is 2. The smallest absolute Gasteiger partial charge is 0.147 e. The Hall–Kier alpha value is -1.20. The van der Waals surface area contributed by atoms with Gasteiger partial charge in [0.05, 0.1) is 31.3 Å². The Morgan fingerprint density at radius 2 is 1.88 bits per heavy atom. The van der Waals surface area contributed by atoms with Gasteiger partial charge in [0.2, 0.25) is 0 Å². The third-order valence-electron chi connectivity index (χ3n) is 2.87. The van der Waals surface area contributed by atoms with E-state index in [2.05, 4.69) is 28.7 Å². The maximum absolute atomic E-state index is 9.11. The molecule has 17 heavy (non-hydrogen) atoms. The standard InChI is InChI=1S/C12H21N3O2/c1-3-11(4-2)15(5-6-16)12-8-13-10(9-17)7-14-12/h7-8,11,16-17H,3-6,9H2,1-2H3. The molecule has 0 saturated heterocycles. The second kappa shape index (κ2) is 7.19. The van der Waals surface area contributed by atoms with Gasteiger partial charge in [-0.2, -0.15) is 0 Å². The lowest BCUT2D eigenvalue weighted by atomic mass is 10.1. The van der Waals surface area contributed by atoms with Crippen molar-refractivity contribution in [1.82, 2.24) is 9.97 Å². The van der Waals surface area contributed by atoms with E-state index in [0.29, 0.717) is 18.3 Å². The quantitative estimate of drug-likeness (QED) is 0.741. The van der Waals surface area contributed by atoms with Crippen LogP contribution < -0.4 is 4.90 Å². The summed E-state index contributed by atoms with van der Waals surface area (Å²) in [5.74, 6) is 0.755. The molecule has 0 bridgehead atoms. The van der Waals surface area contributed by atoms with Crippen LogP contribution >= 0.6 is 0 Å². The highest BCUT2D eigenvalue weighted by molar-refractivity contribution is 5.37. The van der Waals surface area contributed by atoms with Gasteiger partial charge in [0.25, 0.3) is 0 Å². The summed E-state index contributed by atoms with van der Waals surface area (Å²) in [6.07, 6.45) is 5.22. The zero-order valence-electron chi connectivity index (χ0n) is 10.5. The highest BCUT2D eigenvalue weighted by Crippen LogP contribution is 2.16. The van der Waals surface area contributed by atoms with Crippen LogP contribution in [0.2, 0.25) is 0 Å². The van der Waals surface area contributed by atoms with Crippen molar-refractivity contribution in [2.75, 3.05) is 18.1 Å². The predicted molar refractivity (Wildman–Crippen MR) is 66.8 cm³/mol. The van der Waals surface area contributed by atoms with E-state index < -0.39 is 0 Å². The van der Waals surface area contributed by atoms with E-state index in [9.17, 15) is 0 Å². The molecule has 0 amide bonds. The summed E-state index contributed by atoms with van der Waals surface area (Å²) in [6, 6.07) is 0.358. The van der Waals surface area contributed by atoms with Crippen molar-refractivity contribution in [2.24, 2.45) is 0 Å². The number of anilines is 1. The lowest BCUT2D eigenvalue weighted by Crippen LogP contribution is -2.37. The number of rotatable bonds is 7. The fourth-order valence-electron chi connectivity index (χ4n) is 1.90. The van der Waals surface area contributed by atoms with Crippen LogP contribution in [0.4, 0.5) is 5.82 Å². The molecule has 96 valence electrons. The molecule has 1 aromatic heterocycles. The van der Waals surface area contributed by atoms with Crippen LogP contribution in [0.3, 0.4) is 0 Å². The van der Waals surface area contributed by atoms with E-state index in [0.717, 1.165) is 18.7 Å². The molecule has 2 N–H and O–H groups in total. The Balaban J connectivity index is 2.87. The number of hydrogen-bond acceptors (Lipinski definition) is 5. The van der Waals surface area contributed by atoms with Gasteiger partial charge in [-0.25, -0.2) is 4.98 Å². The van der Waals surface area contributed by atoms with Gasteiger partial charge in [0, 0.05) is 12.6 Å². The number of aliphatic hydroxyl groups is 2. The highest BCUT2D eigenvalue weighted by Gasteiger charge is 2.16. The minimum absolute atomic E-state index is 0.0972. The average Bonchev–Trinajstić information content (AvgIpc) is 2.39. The topological polar surface area (TPSA) is 69.5 Å². The molecular formula is C12H21N3O2. The second-order valence-corrected chi connectivity index (χ2v) is 3.91. The highest BCUT2D eigenvalue weighted by atomic mass is 16.3. The van der Waals surface area contributed by atoms with E-state index in [1.165, 1.54) is 0 Å². The molecular weight excluding hydrogens is 218 g/mol. The third kappa shape index (κ3) is 3.64.